The molecule has 2 atom stereocenters. The van der Waals surface area contributed by atoms with Crippen LogP contribution in [0.2, 0.25) is 5.02 Å². The van der Waals surface area contributed by atoms with Crippen molar-refractivity contribution in [2.45, 2.75) is 51.4 Å². The maximum absolute atomic E-state index is 11.6. The van der Waals surface area contributed by atoms with E-state index in [1.807, 2.05) is 39.0 Å². The molecule has 1 amide bonds. The predicted molar refractivity (Wildman–Crippen MR) is 87.6 cm³/mol. The van der Waals surface area contributed by atoms with Gasteiger partial charge < -0.3 is 15.4 Å². The molecule has 6 heteroatoms. The zero-order valence-corrected chi connectivity index (χ0v) is 14.7. The van der Waals surface area contributed by atoms with Gasteiger partial charge in [-0.25, -0.2) is 4.79 Å². The summed E-state index contributed by atoms with van der Waals surface area (Å²) >= 11 is 9.49. The lowest BCUT2D eigenvalue weighted by Crippen LogP contribution is -2.36. The number of benzene rings is 1. The van der Waals surface area contributed by atoms with E-state index in [2.05, 4.69) is 26.6 Å². The van der Waals surface area contributed by atoms with Gasteiger partial charge in [0, 0.05) is 28.1 Å². The van der Waals surface area contributed by atoms with Gasteiger partial charge in [-0.2, -0.15) is 0 Å². The third kappa shape index (κ3) is 5.49. The Bertz CT molecular complexity index is 531. The number of carbonyl (C=O) groups is 1. The Morgan fingerprint density at radius 3 is 2.81 bits per heavy atom. The van der Waals surface area contributed by atoms with Crippen molar-refractivity contribution in [1.29, 1.82) is 0 Å². The second kappa shape index (κ2) is 6.55. The van der Waals surface area contributed by atoms with Crippen molar-refractivity contribution in [3.63, 3.8) is 0 Å². The van der Waals surface area contributed by atoms with E-state index >= 15 is 0 Å². The number of rotatable bonds is 4. The molecule has 0 radical (unpaired) electrons. The highest BCUT2D eigenvalue weighted by molar-refractivity contribution is 9.10. The van der Waals surface area contributed by atoms with Crippen LogP contribution in [0.1, 0.15) is 32.8 Å². The number of halogens is 2. The molecule has 2 rings (SSSR count). The molecule has 1 saturated carbocycles. The van der Waals surface area contributed by atoms with Crippen LogP contribution in [0, 0.1) is 0 Å². The summed E-state index contributed by atoms with van der Waals surface area (Å²) in [6.45, 7) is 6.27. The van der Waals surface area contributed by atoms with E-state index in [1.54, 1.807) is 0 Å². The van der Waals surface area contributed by atoms with Crippen molar-refractivity contribution in [3.8, 4) is 0 Å². The van der Waals surface area contributed by atoms with Crippen molar-refractivity contribution in [2.75, 3.05) is 0 Å². The Balaban J connectivity index is 1.75. The van der Waals surface area contributed by atoms with Gasteiger partial charge in [0.2, 0.25) is 0 Å². The maximum atomic E-state index is 11.6. The number of ether oxygens (including phenoxy) is 1. The van der Waals surface area contributed by atoms with Gasteiger partial charge in [-0.3, -0.25) is 0 Å². The highest BCUT2D eigenvalue weighted by atomic mass is 79.9. The van der Waals surface area contributed by atoms with Crippen molar-refractivity contribution in [1.82, 2.24) is 10.6 Å². The largest absolute Gasteiger partial charge is 0.444 e. The monoisotopic (exact) mass is 374 g/mol. The number of carbonyl (C=O) groups excluding carboxylic acids is 1. The Kier molecular flexibility index (Phi) is 5.17. The molecule has 0 aliphatic heterocycles. The topological polar surface area (TPSA) is 50.4 Å². The van der Waals surface area contributed by atoms with Crippen LogP contribution in [0.25, 0.3) is 0 Å². The van der Waals surface area contributed by atoms with Crippen molar-refractivity contribution < 1.29 is 9.53 Å². The Labute approximate surface area is 138 Å². The third-order valence-corrected chi connectivity index (χ3v) is 4.06. The van der Waals surface area contributed by atoms with Crippen LogP contribution in [0.4, 0.5) is 4.79 Å². The van der Waals surface area contributed by atoms with Crippen LogP contribution in [0.3, 0.4) is 0 Å². The fourth-order valence-corrected chi connectivity index (χ4v) is 2.54. The Morgan fingerprint density at radius 1 is 1.43 bits per heavy atom. The van der Waals surface area contributed by atoms with Gasteiger partial charge in [0.25, 0.3) is 0 Å². The van der Waals surface area contributed by atoms with Crippen LogP contribution >= 0.6 is 27.5 Å². The standard InChI is InChI=1S/C15H20BrClN2O2/c1-15(2,3)21-14(20)19-13-7-12(13)18-8-9-6-10(17)4-5-11(9)16/h4-6,12-13,18H,7-8H2,1-3H3,(H,19,20). The molecule has 1 aliphatic carbocycles. The smallest absolute Gasteiger partial charge is 0.407 e. The van der Waals surface area contributed by atoms with E-state index in [0.29, 0.717) is 11.6 Å². The lowest BCUT2D eigenvalue weighted by molar-refractivity contribution is 0.0522. The van der Waals surface area contributed by atoms with Gasteiger partial charge in [-0.05, 0) is 51.0 Å². The highest BCUT2D eigenvalue weighted by Gasteiger charge is 2.38. The molecule has 1 aromatic rings. The fourth-order valence-electron chi connectivity index (χ4n) is 1.96. The number of amides is 1. The van der Waals surface area contributed by atoms with Gasteiger partial charge in [0.1, 0.15) is 5.60 Å². The molecule has 2 unspecified atom stereocenters. The normalized spacial score (nSPS) is 21.0. The SMILES string of the molecule is CC(C)(C)OC(=O)NC1CC1NCc1cc(Cl)ccc1Br. The molecular weight excluding hydrogens is 356 g/mol. The summed E-state index contributed by atoms with van der Waals surface area (Å²) in [6, 6.07) is 6.13. The van der Waals surface area contributed by atoms with E-state index in [9.17, 15) is 4.79 Å². The average Bonchev–Trinajstić information content (AvgIpc) is 3.06. The van der Waals surface area contributed by atoms with Crippen LogP contribution in [0.5, 0.6) is 0 Å². The minimum atomic E-state index is -0.465. The van der Waals surface area contributed by atoms with Gasteiger partial charge >= 0.3 is 6.09 Å². The molecule has 0 bridgehead atoms. The molecule has 1 aliphatic rings. The molecule has 116 valence electrons. The summed E-state index contributed by atoms with van der Waals surface area (Å²) < 4.78 is 6.26. The first-order chi connectivity index (χ1) is 9.74. The summed E-state index contributed by atoms with van der Waals surface area (Å²) in [5, 5.41) is 6.98. The molecule has 0 spiro atoms. The quantitative estimate of drug-likeness (QED) is 0.840. The highest BCUT2D eigenvalue weighted by Crippen LogP contribution is 2.25. The summed E-state index contributed by atoms with van der Waals surface area (Å²) in [5.74, 6) is 0. The molecule has 1 fully saturated rings. The van der Waals surface area contributed by atoms with E-state index < -0.39 is 5.60 Å². The molecular formula is C15H20BrClN2O2. The fraction of sp³-hybridized carbons (Fsp3) is 0.533. The minimum absolute atomic E-state index is 0.137. The second-order valence-corrected chi connectivity index (χ2v) is 7.50. The molecule has 0 aromatic heterocycles. The van der Waals surface area contributed by atoms with Gasteiger partial charge in [0.15, 0.2) is 0 Å². The molecule has 0 heterocycles. The van der Waals surface area contributed by atoms with Crippen LogP contribution in [-0.4, -0.2) is 23.8 Å². The first-order valence-electron chi connectivity index (χ1n) is 6.91. The average molecular weight is 376 g/mol. The minimum Gasteiger partial charge on any atom is -0.444 e. The Hall–Kier alpha value is -0.780. The number of alkyl carbamates (subject to hydrolysis) is 1. The van der Waals surface area contributed by atoms with Crippen LogP contribution < -0.4 is 10.6 Å². The molecule has 21 heavy (non-hydrogen) atoms. The molecule has 1 aromatic carbocycles. The summed E-state index contributed by atoms with van der Waals surface area (Å²) in [5.41, 5.74) is 0.638. The first kappa shape index (κ1) is 16.6. The zero-order chi connectivity index (χ0) is 15.6. The lowest BCUT2D eigenvalue weighted by atomic mass is 10.2. The lowest BCUT2D eigenvalue weighted by Gasteiger charge is -2.19. The van der Waals surface area contributed by atoms with E-state index in [0.717, 1.165) is 16.5 Å². The van der Waals surface area contributed by atoms with E-state index in [-0.39, 0.29) is 18.2 Å². The van der Waals surface area contributed by atoms with E-state index in [1.165, 1.54) is 0 Å². The maximum Gasteiger partial charge on any atom is 0.407 e. The van der Waals surface area contributed by atoms with Gasteiger partial charge in [0.05, 0.1) is 0 Å². The van der Waals surface area contributed by atoms with Gasteiger partial charge in [-0.15, -0.1) is 0 Å². The van der Waals surface area contributed by atoms with Crippen molar-refractivity contribution in [3.05, 3.63) is 33.3 Å². The molecule has 4 nitrogen and oxygen atoms in total. The van der Waals surface area contributed by atoms with Crippen LogP contribution in [0.15, 0.2) is 22.7 Å². The first-order valence-corrected chi connectivity index (χ1v) is 8.08. The number of nitrogens with one attached hydrogen (secondary N) is 2. The second-order valence-electron chi connectivity index (χ2n) is 6.21. The summed E-state index contributed by atoms with van der Waals surface area (Å²) in [4.78, 5) is 11.6. The Morgan fingerprint density at radius 2 is 2.14 bits per heavy atom. The summed E-state index contributed by atoms with van der Waals surface area (Å²) in [6.07, 6.45) is 0.554. The third-order valence-electron chi connectivity index (χ3n) is 3.06. The number of hydrogen-bond acceptors (Lipinski definition) is 3. The molecule has 0 saturated heterocycles. The van der Waals surface area contributed by atoms with Crippen LogP contribution in [-0.2, 0) is 11.3 Å². The van der Waals surface area contributed by atoms with E-state index in [4.69, 9.17) is 16.3 Å². The van der Waals surface area contributed by atoms with Crippen molar-refractivity contribution >= 4 is 33.6 Å². The number of hydrogen-bond donors (Lipinski definition) is 2. The molecule has 2 N–H and O–H groups in total. The zero-order valence-electron chi connectivity index (χ0n) is 12.4. The van der Waals surface area contributed by atoms with Gasteiger partial charge in [-0.1, -0.05) is 27.5 Å². The predicted octanol–water partition coefficient (Wildman–Crippen LogP) is 3.86. The summed E-state index contributed by atoms with van der Waals surface area (Å²) in [7, 11) is 0. The van der Waals surface area contributed by atoms with Crippen molar-refractivity contribution in [2.24, 2.45) is 0 Å².